The average molecular weight is 306 g/mol. The van der Waals surface area contributed by atoms with Crippen LogP contribution in [0.5, 0.6) is 0 Å². The standard InChI is InChI=1S/C16H26N4O2/c1-4-20(12(2)3)11-13-5-7-14(8-6-13)15(21)18-9-10-19-16(17)22/h5-8,12H,4,9-11H2,1-3H3,(H,18,21)(H3,17,19,22). The lowest BCUT2D eigenvalue weighted by Crippen LogP contribution is -2.37. The van der Waals surface area contributed by atoms with Gasteiger partial charge in [-0.15, -0.1) is 0 Å². The second-order valence-electron chi connectivity index (χ2n) is 5.40. The average Bonchev–Trinajstić information content (AvgIpc) is 2.49. The number of nitrogens with two attached hydrogens (primary N) is 1. The normalized spacial score (nSPS) is 10.8. The summed E-state index contributed by atoms with van der Waals surface area (Å²) in [6.45, 7) is 9.02. The Balaban J connectivity index is 2.49. The molecule has 0 aliphatic carbocycles. The van der Waals surface area contributed by atoms with Crippen molar-refractivity contribution in [2.45, 2.75) is 33.4 Å². The summed E-state index contributed by atoms with van der Waals surface area (Å²) in [5.41, 5.74) is 6.73. The minimum Gasteiger partial charge on any atom is -0.352 e. The van der Waals surface area contributed by atoms with Crippen LogP contribution in [0.25, 0.3) is 0 Å². The second-order valence-corrected chi connectivity index (χ2v) is 5.40. The van der Waals surface area contributed by atoms with E-state index in [0.717, 1.165) is 13.1 Å². The Morgan fingerprint density at radius 1 is 1.14 bits per heavy atom. The van der Waals surface area contributed by atoms with Gasteiger partial charge in [-0.2, -0.15) is 0 Å². The van der Waals surface area contributed by atoms with Crippen molar-refractivity contribution >= 4 is 11.9 Å². The van der Waals surface area contributed by atoms with Crippen LogP contribution in [0.15, 0.2) is 24.3 Å². The summed E-state index contributed by atoms with van der Waals surface area (Å²) in [7, 11) is 0. The molecular formula is C16H26N4O2. The highest BCUT2D eigenvalue weighted by Crippen LogP contribution is 2.10. The van der Waals surface area contributed by atoms with E-state index in [9.17, 15) is 9.59 Å². The third-order valence-electron chi connectivity index (χ3n) is 3.45. The van der Waals surface area contributed by atoms with E-state index in [1.165, 1.54) is 5.56 Å². The molecule has 1 aromatic rings. The molecule has 1 aromatic carbocycles. The summed E-state index contributed by atoms with van der Waals surface area (Å²) in [5.74, 6) is -0.158. The maximum Gasteiger partial charge on any atom is 0.312 e. The maximum absolute atomic E-state index is 11.9. The van der Waals surface area contributed by atoms with Crippen LogP contribution >= 0.6 is 0 Å². The van der Waals surface area contributed by atoms with E-state index >= 15 is 0 Å². The first-order chi connectivity index (χ1) is 10.4. The molecule has 0 heterocycles. The van der Waals surface area contributed by atoms with Gasteiger partial charge in [0.15, 0.2) is 0 Å². The van der Waals surface area contributed by atoms with Crippen molar-refractivity contribution in [3.05, 3.63) is 35.4 Å². The number of nitrogens with one attached hydrogen (secondary N) is 2. The van der Waals surface area contributed by atoms with Gasteiger partial charge in [0.1, 0.15) is 0 Å². The molecule has 1 rings (SSSR count). The minimum atomic E-state index is -0.593. The molecule has 0 unspecified atom stereocenters. The Morgan fingerprint density at radius 2 is 1.73 bits per heavy atom. The number of rotatable bonds is 8. The summed E-state index contributed by atoms with van der Waals surface area (Å²) < 4.78 is 0. The molecule has 0 aliphatic rings. The first kappa shape index (κ1) is 18.0. The fourth-order valence-electron chi connectivity index (χ4n) is 2.12. The van der Waals surface area contributed by atoms with Crippen LogP contribution in [-0.2, 0) is 6.54 Å². The lowest BCUT2D eigenvalue weighted by molar-refractivity contribution is 0.0954. The van der Waals surface area contributed by atoms with Gasteiger partial charge < -0.3 is 16.4 Å². The van der Waals surface area contributed by atoms with E-state index in [1.54, 1.807) is 0 Å². The van der Waals surface area contributed by atoms with E-state index < -0.39 is 6.03 Å². The molecular weight excluding hydrogens is 280 g/mol. The quantitative estimate of drug-likeness (QED) is 0.633. The van der Waals surface area contributed by atoms with Gasteiger partial charge >= 0.3 is 6.03 Å². The maximum atomic E-state index is 11.9. The third-order valence-corrected chi connectivity index (χ3v) is 3.45. The van der Waals surface area contributed by atoms with Gasteiger partial charge in [-0.05, 0) is 38.1 Å². The molecule has 0 bridgehead atoms. The first-order valence-electron chi connectivity index (χ1n) is 7.58. The van der Waals surface area contributed by atoms with Gasteiger partial charge in [0.05, 0.1) is 0 Å². The Morgan fingerprint density at radius 3 is 2.23 bits per heavy atom. The van der Waals surface area contributed by atoms with Gasteiger partial charge in [-0.3, -0.25) is 9.69 Å². The first-order valence-corrected chi connectivity index (χ1v) is 7.58. The van der Waals surface area contributed by atoms with Crippen LogP contribution in [0.4, 0.5) is 4.79 Å². The largest absolute Gasteiger partial charge is 0.352 e. The zero-order valence-corrected chi connectivity index (χ0v) is 13.6. The molecule has 0 aromatic heterocycles. The predicted molar refractivity (Wildman–Crippen MR) is 87.6 cm³/mol. The lowest BCUT2D eigenvalue weighted by atomic mass is 10.1. The Labute approximate surface area is 132 Å². The van der Waals surface area contributed by atoms with Gasteiger partial charge in [-0.1, -0.05) is 19.1 Å². The molecule has 0 aliphatic heterocycles. The zero-order chi connectivity index (χ0) is 16.5. The highest BCUT2D eigenvalue weighted by Gasteiger charge is 2.09. The summed E-state index contributed by atoms with van der Waals surface area (Å²) in [6, 6.07) is 7.49. The fraction of sp³-hybridized carbons (Fsp3) is 0.500. The van der Waals surface area contributed by atoms with Crippen molar-refractivity contribution in [1.29, 1.82) is 0 Å². The summed E-state index contributed by atoms with van der Waals surface area (Å²) >= 11 is 0. The molecule has 122 valence electrons. The fourth-order valence-corrected chi connectivity index (χ4v) is 2.12. The molecule has 0 fully saturated rings. The molecule has 3 amide bonds. The minimum absolute atomic E-state index is 0.158. The number of hydrogen-bond donors (Lipinski definition) is 3. The third kappa shape index (κ3) is 6.13. The van der Waals surface area contributed by atoms with Crippen molar-refractivity contribution in [3.63, 3.8) is 0 Å². The lowest BCUT2D eigenvalue weighted by Gasteiger charge is -2.24. The molecule has 22 heavy (non-hydrogen) atoms. The number of carbonyl (C=O) groups excluding carboxylic acids is 2. The Kier molecular flexibility index (Phi) is 7.39. The predicted octanol–water partition coefficient (Wildman–Crippen LogP) is 1.32. The van der Waals surface area contributed by atoms with Gasteiger partial charge in [0.25, 0.3) is 5.91 Å². The van der Waals surface area contributed by atoms with Crippen LogP contribution < -0.4 is 16.4 Å². The van der Waals surface area contributed by atoms with Crippen LogP contribution in [0.2, 0.25) is 0 Å². The van der Waals surface area contributed by atoms with Crippen LogP contribution in [-0.4, -0.2) is 42.5 Å². The molecule has 0 spiro atoms. The number of urea groups is 1. The van der Waals surface area contributed by atoms with E-state index in [0.29, 0.717) is 24.7 Å². The number of nitrogens with zero attached hydrogens (tertiary/aromatic N) is 1. The van der Waals surface area contributed by atoms with E-state index in [2.05, 4.69) is 36.3 Å². The number of amides is 3. The molecule has 4 N–H and O–H groups in total. The molecule has 6 nitrogen and oxygen atoms in total. The monoisotopic (exact) mass is 306 g/mol. The molecule has 0 atom stereocenters. The summed E-state index contributed by atoms with van der Waals surface area (Å²) in [4.78, 5) is 24.8. The molecule has 0 saturated heterocycles. The van der Waals surface area contributed by atoms with E-state index in [4.69, 9.17) is 5.73 Å². The van der Waals surface area contributed by atoms with E-state index in [1.807, 2.05) is 24.3 Å². The van der Waals surface area contributed by atoms with Crippen molar-refractivity contribution in [3.8, 4) is 0 Å². The molecule has 0 radical (unpaired) electrons. The second kappa shape index (κ2) is 9.04. The number of carbonyl (C=O) groups is 2. The van der Waals surface area contributed by atoms with Gasteiger partial charge in [-0.25, -0.2) is 4.79 Å². The highest BCUT2D eigenvalue weighted by atomic mass is 16.2. The van der Waals surface area contributed by atoms with Crippen LogP contribution in [0.1, 0.15) is 36.7 Å². The van der Waals surface area contributed by atoms with Crippen molar-refractivity contribution in [2.24, 2.45) is 5.73 Å². The van der Waals surface area contributed by atoms with Crippen molar-refractivity contribution in [2.75, 3.05) is 19.6 Å². The highest BCUT2D eigenvalue weighted by molar-refractivity contribution is 5.94. The van der Waals surface area contributed by atoms with Crippen molar-refractivity contribution in [1.82, 2.24) is 15.5 Å². The van der Waals surface area contributed by atoms with Gasteiger partial charge in [0, 0.05) is 31.2 Å². The van der Waals surface area contributed by atoms with Crippen molar-refractivity contribution < 1.29 is 9.59 Å². The van der Waals surface area contributed by atoms with E-state index in [-0.39, 0.29) is 5.91 Å². The smallest absolute Gasteiger partial charge is 0.312 e. The number of hydrogen-bond acceptors (Lipinski definition) is 3. The van der Waals surface area contributed by atoms with Gasteiger partial charge in [0.2, 0.25) is 0 Å². The number of primary amides is 1. The zero-order valence-electron chi connectivity index (χ0n) is 13.6. The SMILES string of the molecule is CCN(Cc1ccc(C(=O)NCCNC(N)=O)cc1)C(C)C. The summed E-state index contributed by atoms with van der Waals surface area (Å²) in [5, 5.41) is 5.14. The molecule has 0 saturated carbocycles. The summed E-state index contributed by atoms with van der Waals surface area (Å²) in [6.07, 6.45) is 0. The molecule has 6 heteroatoms. The Bertz CT molecular complexity index is 485. The van der Waals surface area contributed by atoms with Crippen LogP contribution in [0, 0.1) is 0 Å². The Hall–Kier alpha value is -2.08. The van der Waals surface area contributed by atoms with Crippen LogP contribution in [0.3, 0.4) is 0 Å². The topological polar surface area (TPSA) is 87.5 Å². The number of benzene rings is 1.